The predicted molar refractivity (Wildman–Crippen MR) is 76.9 cm³/mol. The molecule has 6 heteroatoms. The van der Waals surface area contributed by atoms with Gasteiger partial charge in [-0.05, 0) is 32.0 Å². The van der Waals surface area contributed by atoms with Crippen molar-refractivity contribution < 1.29 is 9.53 Å². The van der Waals surface area contributed by atoms with Crippen molar-refractivity contribution in [3.8, 4) is 11.6 Å². The first-order chi connectivity index (χ1) is 9.51. The van der Waals surface area contributed by atoms with Crippen LogP contribution in [0.1, 0.15) is 23.0 Å². The zero-order valence-electron chi connectivity index (χ0n) is 11.8. The minimum Gasteiger partial charge on any atom is -0.437 e. The summed E-state index contributed by atoms with van der Waals surface area (Å²) in [7, 11) is 1.78. The number of nitrogens with two attached hydrogens (primary N) is 1. The molecule has 0 fully saturated rings. The molecular weight excluding hydrogens is 256 g/mol. The lowest BCUT2D eigenvalue weighted by Crippen LogP contribution is -2.22. The number of ether oxygens (including phenoxy) is 1. The Morgan fingerprint density at radius 3 is 2.80 bits per heavy atom. The lowest BCUT2D eigenvalue weighted by atomic mass is 10.2. The molecule has 0 atom stereocenters. The second-order valence-electron chi connectivity index (χ2n) is 4.46. The van der Waals surface area contributed by atoms with Crippen LogP contribution in [0.2, 0.25) is 0 Å². The van der Waals surface area contributed by atoms with Crippen LogP contribution in [0, 0.1) is 6.92 Å². The summed E-state index contributed by atoms with van der Waals surface area (Å²) in [5, 5.41) is 6.93. The Labute approximate surface area is 117 Å². The number of hydrogen-bond donors (Lipinski definition) is 2. The Kier molecular flexibility index (Phi) is 3.93. The van der Waals surface area contributed by atoms with Crippen LogP contribution < -0.4 is 15.8 Å². The maximum Gasteiger partial charge on any atom is 0.251 e. The summed E-state index contributed by atoms with van der Waals surface area (Å²) in [4.78, 5) is 11.8. The van der Waals surface area contributed by atoms with Gasteiger partial charge in [-0.25, -0.2) is 4.68 Å². The summed E-state index contributed by atoms with van der Waals surface area (Å²) in [5.41, 5.74) is 7.71. The predicted octanol–water partition coefficient (Wildman–Crippen LogP) is 1.85. The smallest absolute Gasteiger partial charge is 0.251 e. The standard InChI is InChI=1S/C14H18N4O2/c1-4-16-14(19)10-5-6-11(15)12(8-10)20-13-7-9(2)17-18(13)3/h5-8H,4,15H2,1-3H3,(H,16,19). The fraction of sp³-hybridized carbons (Fsp3) is 0.286. The molecule has 0 radical (unpaired) electrons. The van der Waals surface area contributed by atoms with Crippen LogP contribution in [0.3, 0.4) is 0 Å². The summed E-state index contributed by atoms with van der Waals surface area (Å²) < 4.78 is 7.34. The van der Waals surface area contributed by atoms with Crippen molar-refractivity contribution in [1.82, 2.24) is 15.1 Å². The maximum absolute atomic E-state index is 11.8. The molecule has 0 saturated heterocycles. The second kappa shape index (κ2) is 5.64. The van der Waals surface area contributed by atoms with Gasteiger partial charge in [-0.3, -0.25) is 4.79 Å². The van der Waals surface area contributed by atoms with Gasteiger partial charge >= 0.3 is 0 Å². The first-order valence-corrected chi connectivity index (χ1v) is 6.37. The monoisotopic (exact) mass is 274 g/mol. The molecule has 0 aliphatic heterocycles. The van der Waals surface area contributed by atoms with Crippen LogP contribution in [-0.2, 0) is 7.05 Å². The number of aromatic nitrogens is 2. The normalized spacial score (nSPS) is 10.3. The Morgan fingerprint density at radius 1 is 1.45 bits per heavy atom. The van der Waals surface area contributed by atoms with Gasteiger partial charge in [0, 0.05) is 25.2 Å². The van der Waals surface area contributed by atoms with Crippen molar-refractivity contribution in [3.63, 3.8) is 0 Å². The van der Waals surface area contributed by atoms with E-state index in [1.807, 2.05) is 13.8 Å². The van der Waals surface area contributed by atoms with Crippen LogP contribution in [0.15, 0.2) is 24.3 Å². The van der Waals surface area contributed by atoms with Crippen molar-refractivity contribution in [1.29, 1.82) is 0 Å². The average Bonchev–Trinajstić information content (AvgIpc) is 2.70. The van der Waals surface area contributed by atoms with Gasteiger partial charge in [0.25, 0.3) is 5.91 Å². The third-order valence-electron chi connectivity index (χ3n) is 2.79. The van der Waals surface area contributed by atoms with Crippen molar-refractivity contribution in [2.75, 3.05) is 12.3 Å². The largest absolute Gasteiger partial charge is 0.437 e. The number of amides is 1. The fourth-order valence-electron chi connectivity index (χ4n) is 1.82. The Morgan fingerprint density at radius 2 is 2.20 bits per heavy atom. The van der Waals surface area contributed by atoms with Gasteiger partial charge in [-0.1, -0.05) is 0 Å². The van der Waals surface area contributed by atoms with Gasteiger partial charge < -0.3 is 15.8 Å². The van der Waals surface area contributed by atoms with Crippen LogP contribution in [0.5, 0.6) is 11.6 Å². The Bertz CT molecular complexity index is 634. The molecule has 1 heterocycles. The molecule has 2 aromatic rings. The number of benzene rings is 1. The molecular formula is C14H18N4O2. The molecule has 0 unspecified atom stereocenters. The number of aryl methyl sites for hydroxylation is 2. The number of nitrogen functional groups attached to an aromatic ring is 1. The average molecular weight is 274 g/mol. The van der Waals surface area contributed by atoms with Crippen LogP contribution in [0.25, 0.3) is 0 Å². The third-order valence-corrected chi connectivity index (χ3v) is 2.79. The molecule has 20 heavy (non-hydrogen) atoms. The second-order valence-corrected chi connectivity index (χ2v) is 4.46. The van der Waals surface area contributed by atoms with Crippen LogP contribution >= 0.6 is 0 Å². The van der Waals surface area contributed by atoms with Gasteiger partial charge in [0.1, 0.15) is 0 Å². The molecule has 3 N–H and O–H groups in total. The molecule has 0 aliphatic carbocycles. The summed E-state index contributed by atoms with van der Waals surface area (Å²) >= 11 is 0. The summed E-state index contributed by atoms with van der Waals surface area (Å²) in [6, 6.07) is 6.76. The third kappa shape index (κ3) is 2.90. The van der Waals surface area contributed by atoms with E-state index in [9.17, 15) is 4.79 Å². The number of carbonyl (C=O) groups excluding carboxylic acids is 1. The SMILES string of the molecule is CCNC(=O)c1ccc(N)c(Oc2cc(C)nn2C)c1. The number of rotatable bonds is 4. The van der Waals surface area contributed by atoms with Crippen molar-refractivity contribution in [2.24, 2.45) is 7.05 Å². The first kappa shape index (κ1) is 13.9. The first-order valence-electron chi connectivity index (χ1n) is 6.37. The van der Waals surface area contributed by atoms with Gasteiger partial charge in [-0.15, -0.1) is 0 Å². The van der Waals surface area contributed by atoms with E-state index in [-0.39, 0.29) is 5.91 Å². The van der Waals surface area contributed by atoms with Crippen LogP contribution in [0.4, 0.5) is 5.69 Å². The molecule has 6 nitrogen and oxygen atoms in total. The lowest BCUT2D eigenvalue weighted by molar-refractivity contribution is 0.0955. The van der Waals surface area contributed by atoms with E-state index in [1.54, 1.807) is 36.0 Å². The topological polar surface area (TPSA) is 82.2 Å². The van der Waals surface area contributed by atoms with E-state index in [0.29, 0.717) is 29.4 Å². The lowest BCUT2D eigenvalue weighted by Gasteiger charge is -2.10. The van der Waals surface area contributed by atoms with Crippen LogP contribution in [-0.4, -0.2) is 22.2 Å². The van der Waals surface area contributed by atoms with E-state index in [4.69, 9.17) is 10.5 Å². The molecule has 2 rings (SSSR count). The zero-order chi connectivity index (χ0) is 14.7. The van der Waals surface area contributed by atoms with Crippen molar-refractivity contribution in [2.45, 2.75) is 13.8 Å². The highest BCUT2D eigenvalue weighted by atomic mass is 16.5. The number of carbonyl (C=O) groups is 1. The van der Waals surface area contributed by atoms with Gasteiger partial charge in [-0.2, -0.15) is 5.10 Å². The molecule has 0 aliphatic rings. The highest BCUT2D eigenvalue weighted by Crippen LogP contribution is 2.28. The number of hydrogen-bond acceptors (Lipinski definition) is 4. The highest BCUT2D eigenvalue weighted by molar-refractivity contribution is 5.95. The molecule has 1 aromatic heterocycles. The number of nitrogens with zero attached hydrogens (tertiary/aromatic N) is 2. The molecule has 1 aromatic carbocycles. The van der Waals surface area contributed by atoms with Crippen molar-refractivity contribution >= 4 is 11.6 Å². The van der Waals surface area contributed by atoms with E-state index in [0.717, 1.165) is 5.69 Å². The number of anilines is 1. The minimum absolute atomic E-state index is 0.154. The Balaban J connectivity index is 2.29. The maximum atomic E-state index is 11.8. The molecule has 0 spiro atoms. The van der Waals surface area contributed by atoms with E-state index < -0.39 is 0 Å². The van der Waals surface area contributed by atoms with Gasteiger partial charge in [0.2, 0.25) is 5.88 Å². The Hall–Kier alpha value is -2.50. The molecule has 1 amide bonds. The summed E-state index contributed by atoms with van der Waals surface area (Å²) in [5.74, 6) is 0.859. The quantitative estimate of drug-likeness (QED) is 0.834. The fourth-order valence-corrected chi connectivity index (χ4v) is 1.82. The van der Waals surface area contributed by atoms with Gasteiger partial charge in [0.05, 0.1) is 11.4 Å². The highest BCUT2D eigenvalue weighted by Gasteiger charge is 2.11. The van der Waals surface area contributed by atoms with Gasteiger partial charge in [0.15, 0.2) is 5.75 Å². The number of nitrogens with one attached hydrogen (secondary N) is 1. The zero-order valence-corrected chi connectivity index (χ0v) is 11.8. The molecule has 0 saturated carbocycles. The minimum atomic E-state index is -0.154. The van der Waals surface area contributed by atoms with E-state index in [1.165, 1.54) is 0 Å². The molecule has 106 valence electrons. The van der Waals surface area contributed by atoms with E-state index >= 15 is 0 Å². The molecule has 0 bridgehead atoms. The van der Waals surface area contributed by atoms with E-state index in [2.05, 4.69) is 10.4 Å². The summed E-state index contributed by atoms with van der Waals surface area (Å²) in [6.07, 6.45) is 0. The summed E-state index contributed by atoms with van der Waals surface area (Å²) in [6.45, 7) is 4.31. The van der Waals surface area contributed by atoms with Crippen molar-refractivity contribution in [3.05, 3.63) is 35.5 Å².